The normalized spacial score (nSPS) is 15.8. The largest absolute Gasteiger partial charge is 0.293 e. The highest BCUT2D eigenvalue weighted by Gasteiger charge is 2.41. The fraction of sp³-hybridized carbons (Fsp3) is 0.312. The van der Waals surface area contributed by atoms with Crippen molar-refractivity contribution >= 4 is 115 Å². The summed E-state index contributed by atoms with van der Waals surface area (Å²) in [5.41, 5.74) is 10.2. The van der Waals surface area contributed by atoms with Crippen LogP contribution in [0.25, 0.3) is 0 Å². The van der Waals surface area contributed by atoms with Gasteiger partial charge in [0.05, 0.1) is 9.81 Å². The van der Waals surface area contributed by atoms with Gasteiger partial charge < -0.3 is 0 Å². The van der Waals surface area contributed by atoms with E-state index in [-0.39, 0.29) is 46.3 Å². The van der Waals surface area contributed by atoms with Gasteiger partial charge in [-0.1, -0.05) is 84.0 Å². The average Bonchev–Trinajstić information content (AvgIpc) is 3.54. The molecule has 264 valence electrons. The Bertz CT molecular complexity index is 1580. The molecule has 0 saturated carbocycles. The van der Waals surface area contributed by atoms with Gasteiger partial charge in [-0.25, -0.2) is 0 Å². The molecule has 12 nitrogen and oxygen atoms in total. The lowest BCUT2D eigenvalue weighted by Crippen LogP contribution is -2.41. The molecule has 50 heavy (non-hydrogen) atoms. The second kappa shape index (κ2) is 19.2. The summed E-state index contributed by atoms with van der Waals surface area (Å²) < 4.78 is 0.695. The highest BCUT2D eigenvalue weighted by molar-refractivity contribution is 8.29. The highest BCUT2D eigenvalue weighted by Crippen LogP contribution is 2.42. The molecule has 18 heteroatoms. The Morgan fingerprint density at radius 2 is 0.920 bits per heavy atom. The van der Waals surface area contributed by atoms with Crippen LogP contribution >= 0.6 is 71.2 Å². The second-order valence-corrected chi connectivity index (χ2v) is 15.1. The van der Waals surface area contributed by atoms with Crippen molar-refractivity contribution in [2.24, 2.45) is 0 Å². The molecule has 0 bridgehead atoms. The molecule has 2 aromatic rings. The SMILES string of the molecule is O=C(CCCCCN1C(=O)/C(=C2\SC(=S)N(CCCCCC(=O)NNC(=O)c3ccc(Cl)cc3)C2=O)SC1=S)NNC(=O)c1ccc(Cl)cc1. The number of thioether (sulfide) groups is 2. The van der Waals surface area contributed by atoms with E-state index in [1.165, 1.54) is 9.80 Å². The van der Waals surface area contributed by atoms with Gasteiger partial charge in [-0.15, -0.1) is 0 Å². The number of halogens is 2. The zero-order valence-electron chi connectivity index (χ0n) is 26.4. The second-order valence-electron chi connectivity index (χ2n) is 10.9. The molecule has 4 rings (SSSR count). The van der Waals surface area contributed by atoms with E-state index in [4.69, 9.17) is 47.6 Å². The minimum Gasteiger partial charge on any atom is -0.293 e. The number of rotatable bonds is 14. The zero-order chi connectivity index (χ0) is 36.2. The van der Waals surface area contributed by atoms with Gasteiger partial charge in [0.2, 0.25) is 11.8 Å². The molecule has 0 spiro atoms. The topological polar surface area (TPSA) is 157 Å². The monoisotopic (exact) mass is 794 g/mol. The number of hydrazine groups is 2. The molecule has 0 aliphatic carbocycles. The molecule has 2 saturated heterocycles. The Hall–Kier alpha value is -3.54. The van der Waals surface area contributed by atoms with Gasteiger partial charge in [0.25, 0.3) is 23.6 Å². The standard InChI is InChI=1S/C32H32Cl2N6O6S4/c33-21-13-9-19(10-14-21)27(43)37-35-23(41)7-3-1-5-17-39-29(45)25(49-31(39)47)26-30(46)40(32(48)50-26)18-6-2-4-8-24(42)36-38-28(44)20-11-15-22(34)16-12-20/h9-16H,1-8,17-18H2,(H,35,41)(H,36,42)(H,37,43)(H,38,44)/b26-25+. The van der Waals surface area contributed by atoms with Crippen molar-refractivity contribution < 1.29 is 28.8 Å². The number of amides is 6. The maximum absolute atomic E-state index is 13.2. The lowest BCUT2D eigenvalue weighted by Gasteiger charge is -2.14. The minimum atomic E-state index is -0.460. The van der Waals surface area contributed by atoms with Crippen LogP contribution < -0.4 is 21.7 Å². The van der Waals surface area contributed by atoms with Crippen LogP contribution in [0.5, 0.6) is 0 Å². The molecule has 0 aromatic heterocycles. The van der Waals surface area contributed by atoms with Crippen molar-refractivity contribution in [3.05, 3.63) is 79.5 Å². The molecule has 2 heterocycles. The lowest BCUT2D eigenvalue weighted by atomic mass is 10.2. The summed E-state index contributed by atoms with van der Waals surface area (Å²) in [6.07, 6.45) is 3.84. The fourth-order valence-electron chi connectivity index (χ4n) is 4.65. The van der Waals surface area contributed by atoms with E-state index in [0.29, 0.717) is 81.4 Å². The molecule has 2 aromatic carbocycles. The van der Waals surface area contributed by atoms with Crippen LogP contribution in [0.1, 0.15) is 72.1 Å². The molecule has 4 N–H and O–H groups in total. The Kier molecular flexibility index (Phi) is 15.1. The molecule has 0 radical (unpaired) electrons. The first-order chi connectivity index (χ1) is 23.9. The first-order valence-electron chi connectivity index (χ1n) is 15.5. The van der Waals surface area contributed by atoms with Crippen molar-refractivity contribution in [2.75, 3.05) is 13.1 Å². The molecule has 2 aliphatic rings. The molecule has 0 atom stereocenters. The van der Waals surface area contributed by atoms with E-state index < -0.39 is 11.8 Å². The smallest absolute Gasteiger partial charge is 0.269 e. The predicted octanol–water partition coefficient (Wildman–Crippen LogP) is 5.27. The van der Waals surface area contributed by atoms with Crippen molar-refractivity contribution in [2.45, 2.75) is 51.4 Å². The van der Waals surface area contributed by atoms with Crippen LogP contribution in [0.4, 0.5) is 0 Å². The maximum atomic E-state index is 13.2. The van der Waals surface area contributed by atoms with Crippen molar-refractivity contribution in [1.29, 1.82) is 0 Å². The van der Waals surface area contributed by atoms with Gasteiger partial charge >= 0.3 is 0 Å². The van der Waals surface area contributed by atoms with Gasteiger partial charge in [0.15, 0.2) is 0 Å². The molecular weight excluding hydrogens is 764 g/mol. The number of nitrogens with zero attached hydrogens (tertiary/aromatic N) is 2. The van der Waals surface area contributed by atoms with Gasteiger partial charge in [-0.3, -0.25) is 60.3 Å². The predicted molar refractivity (Wildman–Crippen MR) is 202 cm³/mol. The highest BCUT2D eigenvalue weighted by atomic mass is 35.5. The van der Waals surface area contributed by atoms with E-state index in [1.54, 1.807) is 48.5 Å². The summed E-state index contributed by atoms with van der Waals surface area (Å²) in [5.74, 6) is -2.31. The number of hydrogen-bond acceptors (Lipinski definition) is 10. The Morgan fingerprint density at radius 1 is 0.560 bits per heavy atom. The third-order valence-electron chi connectivity index (χ3n) is 7.32. The molecule has 0 unspecified atom stereocenters. The number of hydrogen-bond donors (Lipinski definition) is 4. The summed E-state index contributed by atoms with van der Waals surface area (Å²) in [6, 6.07) is 12.5. The minimum absolute atomic E-state index is 0.179. The van der Waals surface area contributed by atoms with Crippen LogP contribution in [0.3, 0.4) is 0 Å². The Labute approximate surface area is 317 Å². The zero-order valence-corrected chi connectivity index (χ0v) is 31.2. The van der Waals surface area contributed by atoms with Crippen molar-refractivity contribution in [1.82, 2.24) is 31.5 Å². The first kappa shape index (κ1) is 39.2. The number of carbonyl (C=O) groups excluding carboxylic acids is 6. The molecule has 6 amide bonds. The summed E-state index contributed by atoms with van der Waals surface area (Å²) >= 11 is 24.6. The van der Waals surface area contributed by atoms with Gasteiger partial charge in [-0.05, 0) is 74.2 Å². The van der Waals surface area contributed by atoms with Crippen molar-refractivity contribution in [3.63, 3.8) is 0 Å². The first-order valence-corrected chi connectivity index (χ1v) is 18.7. The number of benzene rings is 2. The maximum Gasteiger partial charge on any atom is 0.269 e. The quantitative estimate of drug-likeness (QED) is 0.0861. The van der Waals surface area contributed by atoms with Crippen molar-refractivity contribution in [3.8, 4) is 0 Å². The summed E-state index contributed by atoms with van der Waals surface area (Å²) in [4.78, 5) is 78.3. The Balaban J connectivity index is 1.12. The average molecular weight is 796 g/mol. The van der Waals surface area contributed by atoms with Gasteiger partial charge in [0, 0.05) is 47.1 Å². The Morgan fingerprint density at radius 3 is 1.28 bits per heavy atom. The third-order valence-corrected chi connectivity index (χ3v) is 10.8. The van der Waals surface area contributed by atoms with Gasteiger partial charge in [-0.2, -0.15) is 0 Å². The summed E-state index contributed by atoms with van der Waals surface area (Å²) in [7, 11) is 0. The van der Waals surface area contributed by atoms with Crippen LogP contribution in [-0.4, -0.2) is 67.0 Å². The number of carbonyl (C=O) groups is 6. The van der Waals surface area contributed by atoms with Crippen LogP contribution in [0.2, 0.25) is 10.0 Å². The number of nitrogens with one attached hydrogen (secondary N) is 4. The summed E-state index contributed by atoms with van der Waals surface area (Å²) in [5, 5.41) is 0.994. The fourth-order valence-corrected chi connectivity index (χ4v) is 7.67. The van der Waals surface area contributed by atoms with E-state index in [0.717, 1.165) is 23.5 Å². The van der Waals surface area contributed by atoms with Crippen LogP contribution in [0, 0.1) is 0 Å². The van der Waals surface area contributed by atoms with E-state index >= 15 is 0 Å². The van der Waals surface area contributed by atoms with E-state index in [9.17, 15) is 28.8 Å². The van der Waals surface area contributed by atoms with E-state index in [2.05, 4.69) is 21.7 Å². The third kappa shape index (κ3) is 11.2. The molecule has 2 fully saturated rings. The number of unbranched alkanes of at least 4 members (excludes halogenated alkanes) is 4. The molecule has 2 aliphatic heterocycles. The molecular formula is C32H32Cl2N6O6S4. The summed E-state index contributed by atoms with van der Waals surface area (Å²) in [6.45, 7) is 0.670. The number of thiocarbonyl (C=S) groups is 2. The van der Waals surface area contributed by atoms with E-state index in [1.807, 2.05) is 0 Å². The van der Waals surface area contributed by atoms with Gasteiger partial charge in [0.1, 0.15) is 8.64 Å². The van der Waals surface area contributed by atoms with Crippen LogP contribution in [0.15, 0.2) is 58.3 Å². The van der Waals surface area contributed by atoms with Crippen LogP contribution in [-0.2, 0) is 19.2 Å². The lowest BCUT2D eigenvalue weighted by molar-refractivity contribution is -0.124.